The summed E-state index contributed by atoms with van der Waals surface area (Å²) in [6.45, 7) is 4.49. The molecule has 1 fully saturated rings. The lowest BCUT2D eigenvalue weighted by Gasteiger charge is -2.19. The van der Waals surface area contributed by atoms with E-state index in [1.54, 1.807) is 0 Å². The quantitative estimate of drug-likeness (QED) is 0.764. The topological polar surface area (TPSA) is 12.0 Å². The van der Waals surface area contributed by atoms with E-state index in [1.807, 2.05) is 11.3 Å². The maximum Gasteiger partial charge on any atom is 0.0634 e. The molecule has 1 aliphatic carbocycles. The Labute approximate surface area is 119 Å². The van der Waals surface area contributed by atoms with Crippen LogP contribution in [0.2, 0.25) is 0 Å². The van der Waals surface area contributed by atoms with Crippen LogP contribution in [0.4, 0.5) is 5.69 Å². The molecular formula is C17H21NS. The molecule has 1 atom stereocenters. The lowest BCUT2D eigenvalue weighted by atomic mass is 10.0. The minimum Gasteiger partial charge on any atom is -0.377 e. The van der Waals surface area contributed by atoms with Gasteiger partial charge in [-0.3, -0.25) is 0 Å². The Morgan fingerprint density at radius 2 is 2.00 bits per heavy atom. The normalized spacial score (nSPS) is 16.6. The molecule has 2 aromatic rings. The molecule has 2 heteroatoms. The molecular weight excluding hydrogens is 250 g/mol. The number of nitrogens with one attached hydrogen (secondary N) is 1. The molecule has 1 aliphatic rings. The number of thiophene rings is 1. The maximum atomic E-state index is 3.75. The van der Waals surface area contributed by atoms with Crippen LogP contribution in [0.5, 0.6) is 0 Å². The summed E-state index contributed by atoms with van der Waals surface area (Å²) in [6, 6.07) is 13.8. The third-order valence-corrected chi connectivity index (χ3v) is 4.77. The highest BCUT2D eigenvalue weighted by atomic mass is 32.1. The molecule has 1 aromatic heterocycles. The second-order valence-corrected chi connectivity index (χ2v) is 6.73. The van der Waals surface area contributed by atoms with Crippen molar-refractivity contribution in [3.05, 3.63) is 52.2 Å². The monoisotopic (exact) mass is 271 g/mol. The lowest BCUT2D eigenvalue weighted by molar-refractivity contribution is 0.690. The number of rotatable bonds is 5. The van der Waals surface area contributed by atoms with Gasteiger partial charge in [0.2, 0.25) is 0 Å². The third kappa shape index (κ3) is 3.01. The van der Waals surface area contributed by atoms with Crippen LogP contribution in [0.1, 0.15) is 49.1 Å². The molecule has 0 radical (unpaired) electrons. The molecule has 1 saturated carbocycles. The summed E-state index contributed by atoms with van der Waals surface area (Å²) >= 11 is 1.87. The first-order valence-electron chi connectivity index (χ1n) is 7.14. The molecule has 0 bridgehead atoms. The van der Waals surface area contributed by atoms with Gasteiger partial charge in [0.15, 0.2) is 0 Å². The van der Waals surface area contributed by atoms with Crippen molar-refractivity contribution in [2.45, 2.75) is 38.6 Å². The number of benzene rings is 1. The highest BCUT2D eigenvalue weighted by Crippen LogP contribution is 2.44. The van der Waals surface area contributed by atoms with Crippen LogP contribution in [0.15, 0.2) is 41.8 Å². The molecule has 1 heterocycles. The summed E-state index contributed by atoms with van der Waals surface area (Å²) in [5.41, 5.74) is 2.67. The molecule has 100 valence electrons. The van der Waals surface area contributed by atoms with Gasteiger partial charge in [-0.15, -0.1) is 11.3 Å². The van der Waals surface area contributed by atoms with Gasteiger partial charge in [-0.1, -0.05) is 32.0 Å². The first kappa shape index (κ1) is 12.7. The van der Waals surface area contributed by atoms with E-state index < -0.39 is 0 Å². The predicted octanol–water partition coefficient (Wildman–Crippen LogP) is 5.43. The van der Waals surface area contributed by atoms with Crippen molar-refractivity contribution >= 4 is 17.0 Å². The Morgan fingerprint density at radius 3 is 2.63 bits per heavy atom. The second-order valence-electron chi connectivity index (χ2n) is 5.76. The first-order valence-corrected chi connectivity index (χ1v) is 8.02. The zero-order chi connectivity index (χ0) is 13.2. The molecule has 3 rings (SSSR count). The molecule has 1 N–H and O–H groups in total. The number of anilines is 1. The Morgan fingerprint density at radius 1 is 1.16 bits per heavy atom. The van der Waals surface area contributed by atoms with Crippen LogP contribution in [-0.4, -0.2) is 0 Å². The van der Waals surface area contributed by atoms with Gasteiger partial charge in [-0.05, 0) is 53.8 Å². The van der Waals surface area contributed by atoms with Gasteiger partial charge in [0, 0.05) is 10.6 Å². The Balaban J connectivity index is 1.80. The van der Waals surface area contributed by atoms with Crippen LogP contribution < -0.4 is 5.32 Å². The van der Waals surface area contributed by atoms with Crippen molar-refractivity contribution in [3.63, 3.8) is 0 Å². The minimum absolute atomic E-state index is 0.502. The van der Waals surface area contributed by atoms with Crippen molar-refractivity contribution in [2.24, 2.45) is 5.92 Å². The van der Waals surface area contributed by atoms with E-state index in [4.69, 9.17) is 0 Å². The summed E-state index contributed by atoms with van der Waals surface area (Å²) in [6.07, 6.45) is 2.72. The van der Waals surface area contributed by atoms with E-state index in [9.17, 15) is 0 Å². The zero-order valence-electron chi connectivity index (χ0n) is 11.6. The van der Waals surface area contributed by atoms with E-state index in [0.29, 0.717) is 12.0 Å². The van der Waals surface area contributed by atoms with E-state index in [2.05, 4.69) is 60.9 Å². The third-order valence-electron chi connectivity index (χ3n) is 3.82. The van der Waals surface area contributed by atoms with Gasteiger partial charge in [-0.2, -0.15) is 0 Å². The van der Waals surface area contributed by atoms with Crippen LogP contribution in [0, 0.1) is 5.92 Å². The SMILES string of the molecule is CC(C)c1cccc(NC(c2cccs2)C2CC2)c1. The van der Waals surface area contributed by atoms with E-state index in [0.717, 1.165) is 5.92 Å². The van der Waals surface area contributed by atoms with Gasteiger partial charge in [-0.25, -0.2) is 0 Å². The molecule has 1 aromatic carbocycles. The average molecular weight is 271 g/mol. The van der Waals surface area contributed by atoms with E-state index in [1.165, 1.54) is 29.0 Å². The summed E-state index contributed by atoms with van der Waals surface area (Å²) in [5, 5.41) is 5.93. The Hall–Kier alpha value is -1.28. The summed E-state index contributed by atoms with van der Waals surface area (Å²) < 4.78 is 0. The minimum atomic E-state index is 0.502. The average Bonchev–Trinajstić information content (AvgIpc) is 3.11. The summed E-state index contributed by atoms with van der Waals surface area (Å²) in [7, 11) is 0. The highest BCUT2D eigenvalue weighted by Gasteiger charge is 2.32. The van der Waals surface area contributed by atoms with Crippen LogP contribution >= 0.6 is 11.3 Å². The molecule has 0 amide bonds. The fourth-order valence-corrected chi connectivity index (χ4v) is 3.36. The second kappa shape index (κ2) is 5.38. The van der Waals surface area contributed by atoms with Crippen LogP contribution in [-0.2, 0) is 0 Å². The van der Waals surface area contributed by atoms with Gasteiger partial charge >= 0.3 is 0 Å². The molecule has 0 aliphatic heterocycles. The fourth-order valence-electron chi connectivity index (χ4n) is 2.49. The van der Waals surface area contributed by atoms with Crippen molar-refractivity contribution in [3.8, 4) is 0 Å². The van der Waals surface area contributed by atoms with Crippen molar-refractivity contribution in [2.75, 3.05) is 5.32 Å². The molecule has 0 saturated heterocycles. The first-order chi connectivity index (χ1) is 9.24. The van der Waals surface area contributed by atoms with E-state index >= 15 is 0 Å². The largest absolute Gasteiger partial charge is 0.377 e. The number of hydrogen-bond acceptors (Lipinski definition) is 2. The van der Waals surface area contributed by atoms with Crippen molar-refractivity contribution < 1.29 is 0 Å². The van der Waals surface area contributed by atoms with Gasteiger partial charge < -0.3 is 5.32 Å². The standard InChI is InChI=1S/C17H21NS/c1-12(2)14-5-3-6-15(11-14)18-17(13-8-9-13)16-7-4-10-19-16/h3-7,10-13,17-18H,8-9H2,1-2H3. The fraction of sp³-hybridized carbons (Fsp3) is 0.412. The molecule has 1 unspecified atom stereocenters. The predicted molar refractivity (Wildman–Crippen MR) is 83.9 cm³/mol. The Kier molecular flexibility index (Phi) is 3.61. The molecule has 19 heavy (non-hydrogen) atoms. The molecule has 1 nitrogen and oxygen atoms in total. The maximum absolute atomic E-state index is 3.75. The van der Waals surface area contributed by atoms with Crippen LogP contribution in [0.25, 0.3) is 0 Å². The number of hydrogen-bond donors (Lipinski definition) is 1. The van der Waals surface area contributed by atoms with Gasteiger partial charge in [0.05, 0.1) is 6.04 Å². The van der Waals surface area contributed by atoms with Gasteiger partial charge in [0.1, 0.15) is 0 Å². The smallest absolute Gasteiger partial charge is 0.0634 e. The molecule has 0 spiro atoms. The summed E-state index contributed by atoms with van der Waals surface area (Å²) in [4.78, 5) is 1.47. The zero-order valence-corrected chi connectivity index (χ0v) is 12.4. The summed E-state index contributed by atoms with van der Waals surface area (Å²) in [5.74, 6) is 1.41. The highest BCUT2D eigenvalue weighted by molar-refractivity contribution is 7.10. The lowest BCUT2D eigenvalue weighted by Crippen LogP contribution is -2.11. The van der Waals surface area contributed by atoms with Crippen LogP contribution in [0.3, 0.4) is 0 Å². The van der Waals surface area contributed by atoms with Gasteiger partial charge in [0.25, 0.3) is 0 Å². The van der Waals surface area contributed by atoms with E-state index in [-0.39, 0.29) is 0 Å². The van der Waals surface area contributed by atoms with Crippen molar-refractivity contribution in [1.82, 2.24) is 0 Å². The Bertz CT molecular complexity index is 526. The van der Waals surface area contributed by atoms with Crippen molar-refractivity contribution in [1.29, 1.82) is 0 Å².